The van der Waals surface area contributed by atoms with Gasteiger partial charge in [-0.15, -0.1) is 0 Å². The number of halogens is 1. The molecule has 1 spiro atoms. The molecular formula is C29H36FN3O5Si. The van der Waals surface area contributed by atoms with Gasteiger partial charge in [-0.05, 0) is 43.3 Å². The number of ether oxygens (including phenoxy) is 1. The van der Waals surface area contributed by atoms with E-state index in [1.165, 1.54) is 0 Å². The highest BCUT2D eigenvalue weighted by atomic mass is 28.4. The molecule has 2 aromatic rings. The molecule has 0 radical (unpaired) electrons. The van der Waals surface area contributed by atoms with Gasteiger partial charge in [0, 0.05) is 54.5 Å². The summed E-state index contributed by atoms with van der Waals surface area (Å²) in [5.41, 5.74) is 0.697. The summed E-state index contributed by atoms with van der Waals surface area (Å²) in [6.07, 6.45) is 0.335. The quantitative estimate of drug-likeness (QED) is 0.381. The van der Waals surface area contributed by atoms with E-state index >= 15 is 4.11 Å². The lowest BCUT2D eigenvalue weighted by molar-refractivity contribution is -0.148. The van der Waals surface area contributed by atoms with Crippen LogP contribution in [0.5, 0.6) is 0 Å². The predicted octanol–water partition coefficient (Wildman–Crippen LogP) is 3.95. The van der Waals surface area contributed by atoms with Gasteiger partial charge in [0.15, 0.2) is 5.60 Å². The molecule has 0 bridgehead atoms. The Hall–Kier alpha value is -3.08. The summed E-state index contributed by atoms with van der Waals surface area (Å²) in [7, 11) is -3.43. The Kier molecular flexibility index (Phi) is 7.38. The summed E-state index contributed by atoms with van der Waals surface area (Å²) in [6, 6.07) is 14.9. The standard InChI is InChI=1S/C29H36FN3O5Si/c1-19-27(39(2,3)30)24(17-26(36)32(14-15-34)18-20-8-5-4-6-9-20)38-29(19)22-16-21(33-13-7-10-25(33)35)11-12-23(22)31-28(29)37/h4-6,8-9,11-12,16,19,24,27,34H,7,10,13-15,17-18H2,1-3H3,(H,31,37)/t19-,24+,27-,29+/m1/s1. The van der Waals surface area contributed by atoms with Gasteiger partial charge in [0.05, 0.1) is 19.1 Å². The molecular weight excluding hydrogens is 517 g/mol. The number of carbonyl (C=O) groups is 3. The number of benzene rings is 2. The lowest BCUT2D eigenvalue weighted by atomic mass is 9.82. The molecule has 10 heteroatoms. The molecule has 3 amide bonds. The van der Waals surface area contributed by atoms with Crippen LogP contribution in [0.1, 0.15) is 37.3 Å². The summed E-state index contributed by atoms with van der Waals surface area (Å²) >= 11 is 0. The molecule has 0 unspecified atom stereocenters. The number of rotatable bonds is 8. The van der Waals surface area contributed by atoms with Crippen LogP contribution in [0.25, 0.3) is 0 Å². The molecule has 2 N–H and O–H groups in total. The van der Waals surface area contributed by atoms with Crippen molar-refractivity contribution in [1.29, 1.82) is 0 Å². The normalized spacial score (nSPS) is 26.3. The third-order valence-corrected chi connectivity index (χ3v) is 10.9. The van der Waals surface area contributed by atoms with E-state index in [4.69, 9.17) is 4.74 Å². The molecule has 3 aliphatic heterocycles. The van der Waals surface area contributed by atoms with Gasteiger partial charge in [-0.1, -0.05) is 37.3 Å². The minimum Gasteiger partial charge on any atom is -0.395 e. The van der Waals surface area contributed by atoms with Crippen molar-refractivity contribution in [2.45, 2.75) is 63.1 Å². The molecule has 2 aromatic carbocycles. The van der Waals surface area contributed by atoms with Crippen LogP contribution in [0.2, 0.25) is 18.6 Å². The first-order valence-corrected chi connectivity index (χ1v) is 16.6. The van der Waals surface area contributed by atoms with Crippen LogP contribution in [0.4, 0.5) is 15.5 Å². The van der Waals surface area contributed by atoms with Crippen LogP contribution < -0.4 is 10.2 Å². The van der Waals surface area contributed by atoms with Crippen molar-refractivity contribution in [2.24, 2.45) is 5.92 Å². The van der Waals surface area contributed by atoms with E-state index in [0.717, 1.165) is 12.0 Å². The molecule has 39 heavy (non-hydrogen) atoms. The molecule has 2 fully saturated rings. The number of nitrogens with one attached hydrogen (secondary N) is 1. The van der Waals surface area contributed by atoms with Gasteiger partial charge in [-0.2, -0.15) is 0 Å². The third kappa shape index (κ3) is 4.89. The zero-order chi connectivity index (χ0) is 27.9. The second-order valence-corrected chi connectivity index (χ2v) is 15.1. The number of fused-ring (bicyclic) bond motifs is 2. The van der Waals surface area contributed by atoms with Crippen LogP contribution in [0, 0.1) is 5.92 Å². The van der Waals surface area contributed by atoms with Crippen LogP contribution in [0.3, 0.4) is 0 Å². The maximum absolute atomic E-state index is 16.0. The van der Waals surface area contributed by atoms with Gasteiger partial charge in [0.2, 0.25) is 20.2 Å². The highest BCUT2D eigenvalue weighted by Crippen LogP contribution is 2.59. The molecule has 3 aliphatic rings. The minimum absolute atomic E-state index is 0.0303. The largest absolute Gasteiger partial charge is 0.395 e. The first-order valence-electron chi connectivity index (χ1n) is 13.6. The number of hydrogen-bond donors (Lipinski definition) is 2. The number of anilines is 2. The summed E-state index contributed by atoms with van der Waals surface area (Å²) in [4.78, 5) is 42.8. The smallest absolute Gasteiger partial charge is 0.261 e. The lowest BCUT2D eigenvalue weighted by Crippen LogP contribution is -2.42. The number of aliphatic hydroxyl groups excluding tert-OH is 1. The fourth-order valence-corrected chi connectivity index (χ4v) is 9.15. The summed E-state index contributed by atoms with van der Waals surface area (Å²) in [6.45, 7) is 5.87. The molecule has 4 atom stereocenters. The zero-order valence-electron chi connectivity index (χ0n) is 22.7. The van der Waals surface area contributed by atoms with Crippen molar-refractivity contribution in [2.75, 3.05) is 29.9 Å². The van der Waals surface area contributed by atoms with Crippen molar-refractivity contribution in [1.82, 2.24) is 4.90 Å². The van der Waals surface area contributed by atoms with Crippen molar-refractivity contribution in [3.63, 3.8) is 0 Å². The third-order valence-electron chi connectivity index (χ3n) is 8.40. The van der Waals surface area contributed by atoms with Gasteiger partial charge in [0.25, 0.3) is 5.91 Å². The number of hydrogen-bond acceptors (Lipinski definition) is 5. The Morgan fingerprint density at radius 3 is 2.62 bits per heavy atom. The van der Waals surface area contributed by atoms with Crippen molar-refractivity contribution < 1.29 is 28.3 Å². The van der Waals surface area contributed by atoms with E-state index in [9.17, 15) is 19.5 Å². The van der Waals surface area contributed by atoms with E-state index in [-0.39, 0.29) is 37.3 Å². The average molecular weight is 554 g/mol. The summed E-state index contributed by atoms with van der Waals surface area (Å²) in [5.74, 6) is -1.14. The maximum atomic E-state index is 16.0. The van der Waals surface area contributed by atoms with E-state index in [1.54, 1.807) is 29.0 Å². The van der Waals surface area contributed by atoms with Gasteiger partial charge < -0.3 is 29.1 Å². The maximum Gasteiger partial charge on any atom is 0.261 e. The lowest BCUT2D eigenvalue weighted by Gasteiger charge is -2.31. The molecule has 0 aromatic heterocycles. The second-order valence-electron chi connectivity index (χ2n) is 11.3. The Balaban J connectivity index is 1.47. The highest BCUT2D eigenvalue weighted by Gasteiger charge is 2.65. The fraction of sp³-hybridized carbons (Fsp3) is 0.483. The Morgan fingerprint density at radius 1 is 1.23 bits per heavy atom. The topological polar surface area (TPSA) is 99.2 Å². The highest BCUT2D eigenvalue weighted by molar-refractivity contribution is 6.72. The monoisotopic (exact) mass is 553 g/mol. The van der Waals surface area contributed by atoms with E-state index in [0.29, 0.717) is 36.4 Å². The first kappa shape index (κ1) is 27.5. The van der Waals surface area contributed by atoms with E-state index in [1.807, 2.05) is 49.4 Å². The number of nitrogens with zero attached hydrogens (tertiary/aromatic N) is 2. The molecule has 5 rings (SSSR count). The summed E-state index contributed by atoms with van der Waals surface area (Å²) < 4.78 is 22.5. The van der Waals surface area contributed by atoms with E-state index < -0.39 is 31.6 Å². The van der Waals surface area contributed by atoms with Gasteiger partial charge >= 0.3 is 0 Å². The fourth-order valence-electron chi connectivity index (χ4n) is 6.66. The molecule has 8 nitrogen and oxygen atoms in total. The van der Waals surface area contributed by atoms with E-state index in [2.05, 4.69) is 5.32 Å². The molecule has 0 saturated carbocycles. The predicted molar refractivity (Wildman–Crippen MR) is 148 cm³/mol. The Labute approximate surface area is 229 Å². The molecule has 0 aliphatic carbocycles. The van der Waals surface area contributed by atoms with Crippen molar-refractivity contribution in [3.05, 3.63) is 59.7 Å². The van der Waals surface area contributed by atoms with Crippen LogP contribution in [-0.4, -0.2) is 61.9 Å². The molecule has 208 valence electrons. The van der Waals surface area contributed by atoms with Gasteiger partial charge in [0.1, 0.15) is 0 Å². The van der Waals surface area contributed by atoms with Gasteiger partial charge in [-0.25, -0.2) is 0 Å². The van der Waals surface area contributed by atoms with Crippen molar-refractivity contribution >= 4 is 37.5 Å². The zero-order valence-corrected chi connectivity index (χ0v) is 23.7. The van der Waals surface area contributed by atoms with Crippen LogP contribution >= 0.6 is 0 Å². The number of carbonyl (C=O) groups excluding carboxylic acids is 3. The average Bonchev–Trinajstić information content (AvgIpc) is 3.53. The number of amides is 3. The second kappa shape index (κ2) is 10.5. The Morgan fingerprint density at radius 2 is 1.97 bits per heavy atom. The van der Waals surface area contributed by atoms with Crippen LogP contribution in [-0.2, 0) is 31.3 Å². The molecule has 2 saturated heterocycles. The minimum atomic E-state index is -3.43. The van der Waals surface area contributed by atoms with Crippen LogP contribution in [0.15, 0.2) is 48.5 Å². The summed E-state index contributed by atoms with van der Waals surface area (Å²) in [5, 5.41) is 12.5. The number of aliphatic hydroxyl groups is 1. The SMILES string of the molecule is C[C@@H]1[C@@H]([Si](C)(C)F)[C@H](CC(=O)N(CCO)Cc2ccccc2)O[C@@]12C(=O)Nc1ccc(N3CCCC3=O)cc12. The van der Waals surface area contributed by atoms with Gasteiger partial charge in [-0.3, -0.25) is 14.4 Å². The first-order chi connectivity index (χ1) is 18.6. The molecule has 3 heterocycles. The Bertz CT molecular complexity index is 1270. The van der Waals surface area contributed by atoms with Crippen molar-refractivity contribution in [3.8, 4) is 0 Å².